The van der Waals surface area contributed by atoms with Crippen molar-refractivity contribution in [3.8, 4) is 17.0 Å². The molecule has 8 heteroatoms. The molecule has 0 radical (unpaired) electrons. The summed E-state index contributed by atoms with van der Waals surface area (Å²) in [5.41, 5.74) is 3.35. The number of carbonyl (C=O) groups excluding carboxylic acids is 2. The van der Waals surface area contributed by atoms with Crippen LogP contribution in [0.15, 0.2) is 66.9 Å². The third-order valence-corrected chi connectivity index (χ3v) is 5.83. The molecule has 8 nitrogen and oxygen atoms in total. The van der Waals surface area contributed by atoms with Crippen LogP contribution in [0.3, 0.4) is 0 Å². The normalized spacial score (nSPS) is 14.8. The number of fused-ring (bicyclic) bond motifs is 2. The quantitative estimate of drug-likeness (QED) is 0.442. The summed E-state index contributed by atoms with van der Waals surface area (Å²) >= 11 is 0. The van der Waals surface area contributed by atoms with Crippen LogP contribution < -0.4 is 10.1 Å². The minimum atomic E-state index is -0.595. The summed E-state index contributed by atoms with van der Waals surface area (Å²) in [6, 6.07) is 18.7. The highest BCUT2D eigenvalue weighted by Gasteiger charge is 2.24. The zero-order valence-corrected chi connectivity index (χ0v) is 18.7. The average Bonchev–Trinajstić information content (AvgIpc) is 3.30. The number of hydrogen-bond acceptors (Lipinski definition) is 6. The number of hydrogen-bond donors (Lipinski definition) is 1. The van der Waals surface area contributed by atoms with Gasteiger partial charge in [-0.15, -0.1) is 0 Å². The SMILES string of the molecule is CCn1ncc2c(C(=O)OCC(=O)NC3CCOc4ccccc43)cc(-c3ccccc3)nc21. The van der Waals surface area contributed by atoms with Crippen molar-refractivity contribution in [2.24, 2.45) is 0 Å². The fourth-order valence-electron chi connectivity index (χ4n) is 4.14. The predicted octanol–water partition coefficient (Wildman–Crippen LogP) is 3.92. The zero-order chi connectivity index (χ0) is 23.5. The molecule has 0 saturated heterocycles. The Kier molecular flexibility index (Phi) is 5.95. The topological polar surface area (TPSA) is 95.3 Å². The van der Waals surface area contributed by atoms with E-state index >= 15 is 0 Å². The summed E-state index contributed by atoms with van der Waals surface area (Å²) in [7, 11) is 0. The van der Waals surface area contributed by atoms with E-state index in [1.807, 2.05) is 61.5 Å². The molecule has 5 rings (SSSR count). The number of pyridine rings is 1. The molecule has 2 aromatic carbocycles. The van der Waals surface area contributed by atoms with Crippen molar-refractivity contribution in [2.75, 3.05) is 13.2 Å². The molecular formula is C26H24N4O4. The highest BCUT2D eigenvalue weighted by atomic mass is 16.5. The number of esters is 1. The molecule has 0 fully saturated rings. The fourth-order valence-corrected chi connectivity index (χ4v) is 4.14. The van der Waals surface area contributed by atoms with Gasteiger partial charge in [-0.25, -0.2) is 14.5 Å². The number of aryl methyl sites for hydroxylation is 1. The molecule has 1 aliphatic heterocycles. The van der Waals surface area contributed by atoms with Crippen molar-refractivity contribution in [1.82, 2.24) is 20.1 Å². The Morgan fingerprint density at radius 2 is 1.94 bits per heavy atom. The monoisotopic (exact) mass is 456 g/mol. The predicted molar refractivity (Wildman–Crippen MR) is 126 cm³/mol. The van der Waals surface area contributed by atoms with Crippen LogP contribution >= 0.6 is 0 Å². The first-order chi connectivity index (χ1) is 16.6. The van der Waals surface area contributed by atoms with Gasteiger partial charge in [0.25, 0.3) is 5.91 Å². The number of nitrogens with zero attached hydrogens (tertiary/aromatic N) is 3. The van der Waals surface area contributed by atoms with E-state index in [0.717, 1.165) is 16.9 Å². The number of benzene rings is 2. The molecule has 1 N–H and O–H groups in total. The molecular weight excluding hydrogens is 432 g/mol. The van der Waals surface area contributed by atoms with Crippen molar-refractivity contribution in [1.29, 1.82) is 0 Å². The lowest BCUT2D eigenvalue weighted by atomic mass is 10.0. The average molecular weight is 457 g/mol. The van der Waals surface area contributed by atoms with Gasteiger partial charge in [-0.05, 0) is 19.1 Å². The van der Waals surface area contributed by atoms with Crippen molar-refractivity contribution in [2.45, 2.75) is 25.9 Å². The molecule has 0 aliphatic carbocycles. The van der Waals surface area contributed by atoms with Crippen LogP contribution in [0.2, 0.25) is 0 Å². The zero-order valence-electron chi connectivity index (χ0n) is 18.7. The lowest BCUT2D eigenvalue weighted by Gasteiger charge is -2.26. The number of para-hydroxylation sites is 1. The highest BCUT2D eigenvalue weighted by molar-refractivity contribution is 6.04. The molecule has 0 saturated carbocycles. The standard InChI is InChI=1S/C26H24N4O4/c1-2-30-25-20(15-27-30)19(14-22(29-25)17-8-4-3-5-9-17)26(32)34-16-24(31)28-21-12-13-33-23-11-7-6-10-18(21)23/h3-11,14-15,21H,2,12-13,16H2,1H3,(H,28,31). The molecule has 1 unspecified atom stereocenters. The largest absolute Gasteiger partial charge is 0.493 e. The number of nitrogens with one attached hydrogen (secondary N) is 1. The summed E-state index contributed by atoms with van der Waals surface area (Å²) < 4.78 is 12.8. The van der Waals surface area contributed by atoms with Crippen LogP contribution in [0.5, 0.6) is 5.75 Å². The van der Waals surface area contributed by atoms with E-state index in [-0.39, 0.29) is 18.6 Å². The molecule has 1 atom stereocenters. The van der Waals surface area contributed by atoms with E-state index in [2.05, 4.69) is 10.4 Å². The maximum Gasteiger partial charge on any atom is 0.339 e. The first-order valence-corrected chi connectivity index (χ1v) is 11.2. The van der Waals surface area contributed by atoms with Gasteiger partial charge >= 0.3 is 5.97 Å². The molecule has 0 spiro atoms. The van der Waals surface area contributed by atoms with Gasteiger partial charge in [-0.1, -0.05) is 48.5 Å². The van der Waals surface area contributed by atoms with Gasteiger partial charge in [0.2, 0.25) is 0 Å². The summed E-state index contributed by atoms with van der Waals surface area (Å²) in [5, 5.41) is 7.87. The third-order valence-electron chi connectivity index (χ3n) is 5.83. The molecule has 3 heterocycles. The minimum Gasteiger partial charge on any atom is -0.493 e. The number of aromatic nitrogens is 3. The Hall–Kier alpha value is -4.20. The van der Waals surface area contributed by atoms with Gasteiger partial charge in [0.15, 0.2) is 12.3 Å². The lowest BCUT2D eigenvalue weighted by Crippen LogP contribution is -2.35. The summed E-state index contributed by atoms with van der Waals surface area (Å²) in [6.45, 7) is 2.70. The molecule has 1 aliphatic rings. The third kappa shape index (κ3) is 4.22. The van der Waals surface area contributed by atoms with Gasteiger partial charge in [0, 0.05) is 24.1 Å². The smallest absolute Gasteiger partial charge is 0.339 e. The van der Waals surface area contributed by atoms with E-state index in [9.17, 15) is 9.59 Å². The molecule has 4 aromatic rings. The second kappa shape index (κ2) is 9.35. The lowest BCUT2D eigenvalue weighted by molar-refractivity contribution is -0.125. The number of carbonyl (C=O) groups is 2. The van der Waals surface area contributed by atoms with E-state index in [1.165, 1.54) is 0 Å². The molecule has 34 heavy (non-hydrogen) atoms. The Balaban J connectivity index is 1.35. The first-order valence-electron chi connectivity index (χ1n) is 11.2. The second-order valence-electron chi connectivity index (χ2n) is 7.99. The summed E-state index contributed by atoms with van der Waals surface area (Å²) in [6.07, 6.45) is 2.26. The van der Waals surface area contributed by atoms with Gasteiger partial charge in [-0.2, -0.15) is 5.10 Å². The van der Waals surface area contributed by atoms with Gasteiger partial charge in [-0.3, -0.25) is 4.79 Å². The molecule has 0 bridgehead atoms. The van der Waals surface area contributed by atoms with Crippen LogP contribution in [0.1, 0.15) is 35.3 Å². The van der Waals surface area contributed by atoms with E-state index in [4.69, 9.17) is 14.5 Å². The Labute approximate surface area is 196 Å². The van der Waals surface area contributed by atoms with E-state index in [0.29, 0.717) is 41.9 Å². The van der Waals surface area contributed by atoms with Crippen molar-refractivity contribution in [3.63, 3.8) is 0 Å². The Morgan fingerprint density at radius 3 is 2.76 bits per heavy atom. The van der Waals surface area contributed by atoms with Crippen LogP contribution in [-0.4, -0.2) is 39.9 Å². The van der Waals surface area contributed by atoms with Crippen LogP contribution in [0.4, 0.5) is 0 Å². The number of ether oxygens (including phenoxy) is 2. The maximum absolute atomic E-state index is 13.0. The van der Waals surface area contributed by atoms with Gasteiger partial charge in [0.1, 0.15) is 5.75 Å². The van der Waals surface area contributed by atoms with Crippen LogP contribution in [0.25, 0.3) is 22.3 Å². The highest BCUT2D eigenvalue weighted by Crippen LogP contribution is 2.31. The second-order valence-corrected chi connectivity index (χ2v) is 7.99. The number of rotatable bonds is 6. The maximum atomic E-state index is 13.0. The van der Waals surface area contributed by atoms with Gasteiger partial charge < -0.3 is 14.8 Å². The number of amides is 1. The molecule has 172 valence electrons. The fraction of sp³-hybridized carbons (Fsp3) is 0.231. The van der Waals surface area contributed by atoms with E-state index < -0.39 is 5.97 Å². The minimum absolute atomic E-state index is 0.184. The van der Waals surface area contributed by atoms with Crippen LogP contribution in [0, 0.1) is 0 Å². The first kappa shape index (κ1) is 21.6. The Morgan fingerprint density at radius 1 is 1.15 bits per heavy atom. The van der Waals surface area contributed by atoms with Gasteiger partial charge in [0.05, 0.1) is 35.5 Å². The van der Waals surface area contributed by atoms with Crippen molar-refractivity contribution in [3.05, 3.63) is 78.0 Å². The molecule has 2 aromatic heterocycles. The summed E-state index contributed by atoms with van der Waals surface area (Å²) in [4.78, 5) is 30.4. The Bertz CT molecular complexity index is 1350. The van der Waals surface area contributed by atoms with Crippen molar-refractivity contribution < 1.29 is 19.1 Å². The summed E-state index contributed by atoms with van der Waals surface area (Å²) in [5.74, 6) is -0.202. The van der Waals surface area contributed by atoms with E-state index in [1.54, 1.807) is 16.9 Å². The van der Waals surface area contributed by atoms with Crippen LogP contribution in [-0.2, 0) is 16.1 Å². The molecule has 1 amide bonds. The van der Waals surface area contributed by atoms with Crippen molar-refractivity contribution >= 4 is 22.9 Å².